The maximum atomic E-state index is 5.56. The maximum Gasteiger partial charge on any atom is 0.0969 e. The average Bonchev–Trinajstić information content (AvgIpc) is 2.27. The van der Waals surface area contributed by atoms with Gasteiger partial charge in [-0.3, -0.25) is 4.98 Å². The average molecular weight is 154 g/mol. The lowest BCUT2D eigenvalue weighted by Crippen LogP contribution is -1.75. The highest BCUT2D eigenvalue weighted by molar-refractivity contribution is 6.15. The molecule has 0 radical (unpaired) electrons. The number of hydrogen-bond donors (Lipinski definition) is 0. The predicted octanol–water partition coefficient (Wildman–Crippen LogP) is 1.43. The fourth-order valence-electron chi connectivity index (χ4n) is 0.836. The van der Waals surface area contributed by atoms with E-state index in [0.29, 0.717) is 0 Å². The summed E-state index contributed by atoms with van der Waals surface area (Å²) in [5.41, 5.74) is 0.866. The molecule has 0 N–H and O–H groups in total. The third kappa shape index (κ3) is 0.752. The van der Waals surface area contributed by atoms with Crippen LogP contribution in [0.25, 0.3) is 10.9 Å². The Morgan fingerprint density at radius 2 is 2.40 bits per heavy atom. The highest BCUT2D eigenvalue weighted by Crippen LogP contribution is 2.08. The van der Waals surface area contributed by atoms with Crippen LogP contribution in [0.5, 0.6) is 0 Å². The Hall–Kier alpha value is -1.09. The summed E-state index contributed by atoms with van der Waals surface area (Å²) in [5.74, 6) is 0. The van der Waals surface area contributed by atoms with E-state index in [9.17, 15) is 0 Å². The molecule has 2 aromatic rings. The number of rotatable bonds is 0. The molecule has 0 saturated carbocycles. The van der Waals surface area contributed by atoms with Crippen molar-refractivity contribution in [1.29, 1.82) is 0 Å². The molecular weight excluding hydrogens is 150 g/mol. The predicted molar refractivity (Wildman–Crippen MR) is 38.8 cm³/mol. The number of pyridine rings is 1. The molecule has 0 unspecified atom stereocenters. The third-order valence-electron chi connectivity index (χ3n) is 1.28. The van der Waals surface area contributed by atoms with E-state index in [-0.39, 0.29) is 0 Å². The molecule has 4 heteroatoms. The first-order valence-corrected chi connectivity index (χ1v) is 3.15. The van der Waals surface area contributed by atoms with Crippen LogP contribution < -0.4 is 0 Å². The largest absolute Gasteiger partial charge is 0.264 e. The molecule has 0 aliphatic rings. The first kappa shape index (κ1) is 5.68. The van der Waals surface area contributed by atoms with Gasteiger partial charge in [0.05, 0.1) is 11.7 Å². The van der Waals surface area contributed by atoms with Crippen LogP contribution in [-0.2, 0) is 0 Å². The summed E-state index contributed by atoms with van der Waals surface area (Å²) < 4.78 is 1.26. The molecule has 2 aromatic heterocycles. The third-order valence-corrected chi connectivity index (χ3v) is 1.45. The zero-order chi connectivity index (χ0) is 6.97. The van der Waals surface area contributed by atoms with Gasteiger partial charge in [-0.1, -0.05) is 0 Å². The van der Waals surface area contributed by atoms with Gasteiger partial charge in [-0.2, -0.15) is 9.30 Å². The quantitative estimate of drug-likeness (QED) is 0.573. The van der Waals surface area contributed by atoms with E-state index in [1.54, 1.807) is 18.6 Å². The van der Waals surface area contributed by atoms with Gasteiger partial charge in [-0.15, -0.1) is 0 Å². The molecule has 0 aromatic carbocycles. The highest BCUT2D eigenvalue weighted by Gasteiger charge is 1.95. The summed E-state index contributed by atoms with van der Waals surface area (Å²) in [6.45, 7) is 0. The molecule has 50 valence electrons. The van der Waals surface area contributed by atoms with Crippen LogP contribution in [0.3, 0.4) is 0 Å². The Morgan fingerprint density at radius 1 is 1.50 bits per heavy atom. The van der Waals surface area contributed by atoms with Crippen LogP contribution in [0, 0.1) is 0 Å². The van der Waals surface area contributed by atoms with Crippen molar-refractivity contribution < 1.29 is 0 Å². The van der Waals surface area contributed by atoms with Crippen LogP contribution in [0.4, 0.5) is 0 Å². The number of nitrogens with zero attached hydrogens (tertiary/aromatic N) is 3. The van der Waals surface area contributed by atoms with Gasteiger partial charge in [0.1, 0.15) is 0 Å². The summed E-state index contributed by atoms with van der Waals surface area (Å²) in [4.78, 5) is 3.91. The van der Waals surface area contributed by atoms with E-state index >= 15 is 0 Å². The van der Waals surface area contributed by atoms with E-state index in [2.05, 4.69) is 10.1 Å². The van der Waals surface area contributed by atoms with Crippen molar-refractivity contribution in [3.63, 3.8) is 0 Å². The van der Waals surface area contributed by atoms with Gasteiger partial charge >= 0.3 is 0 Å². The van der Waals surface area contributed by atoms with Crippen LogP contribution in [-0.4, -0.2) is 14.3 Å². The number of halogens is 1. The van der Waals surface area contributed by atoms with Gasteiger partial charge in [-0.05, 0) is 6.07 Å². The Balaban J connectivity index is 2.88. The number of aromatic nitrogens is 3. The van der Waals surface area contributed by atoms with Gasteiger partial charge in [-0.25, -0.2) is 0 Å². The second-order valence-corrected chi connectivity index (χ2v) is 2.30. The van der Waals surface area contributed by atoms with Crippen molar-refractivity contribution >= 4 is 22.7 Å². The molecule has 0 saturated heterocycles. The van der Waals surface area contributed by atoms with Gasteiger partial charge in [0, 0.05) is 29.6 Å². The minimum absolute atomic E-state index is 0.866. The second-order valence-electron chi connectivity index (χ2n) is 1.95. The molecular formula is C6H4ClN3. The first-order chi connectivity index (χ1) is 4.86. The topological polar surface area (TPSA) is 30.7 Å². The SMILES string of the molecule is Cln1cc2cnccc2n1. The molecule has 2 heterocycles. The minimum Gasteiger partial charge on any atom is -0.264 e. The normalized spacial score (nSPS) is 10.5. The van der Waals surface area contributed by atoms with E-state index in [1.807, 2.05) is 6.07 Å². The monoisotopic (exact) mass is 153 g/mol. The summed E-state index contributed by atoms with van der Waals surface area (Å²) in [7, 11) is 0. The van der Waals surface area contributed by atoms with Crippen molar-refractivity contribution in [2.75, 3.05) is 0 Å². The Kier molecular flexibility index (Phi) is 1.11. The van der Waals surface area contributed by atoms with Crippen molar-refractivity contribution in [2.24, 2.45) is 0 Å². The van der Waals surface area contributed by atoms with E-state index < -0.39 is 0 Å². The summed E-state index contributed by atoms with van der Waals surface area (Å²) in [6.07, 6.45) is 5.12. The fourth-order valence-corrected chi connectivity index (χ4v) is 1.02. The number of hydrogen-bond acceptors (Lipinski definition) is 2. The molecule has 3 nitrogen and oxygen atoms in total. The van der Waals surface area contributed by atoms with Gasteiger partial charge in [0.15, 0.2) is 0 Å². The van der Waals surface area contributed by atoms with Crippen LogP contribution in [0.15, 0.2) is 24.7 Å². The van der Waals surface area contributed by atoms with Gasteiger partial charge in [0.25, 0.3) is 0 Å². The second kappa shape index (κ2) is 1.95. The summed E-state index contributed by atoms with van der Waals surface area (Å²) in [6, 6.07) is 1.81. The summed E-state index contributed by atoms with van der Waals surface area (Å²) >= 11 is 5.56. The molecule has 0 bridgehead atoms. The molecule has 0 spiro atoms. The molecule has 2 rings (SSSR count). The van der Waals surface area contributed by atoms with E-state index in [1.165, 1.54) is 4.20 Å². The fraction of sp³-hybridized carbons (Fsp3) is 0. The molecule has 0 aliphatic carbocycles. The van der Waals surface area contributed by atoms with Crippen LogP contribution in [0.1, 0.15) is 0 Å². The zero-order valence-corrected chi connectivity index (χ0v) is 5.78. The lowest BCUT2D eigenvalue weighted by Gasteiger charge is -1.79. The van der Waals surface area contributed by atoms with E-state index in [0.717, 1.165) is 10.9 Å². The first-order valence-electron chi connectivity index (χ1n) is 2.82. The Morgan fingerprint density at radius 3 is 3.20 bits per heavy atom. The molecule has 0 aliphatic heterocycles. The van der Waals surface area contributed by atoms with Gasteiger partial charge < -0.3 is 0 Å². The highest BCUT2D eigenvalue weighted by atomic mass is 35.5. The Bertz CT molecular complexity index is 322. The lowest BCUT2D eigenvalue weighted by atomic mass is 10.3. The van der Waals surface area contributed by atoms with Crippen molar-refractivity contribution in [3.8, 4) is 0 Å². The van der Waals surface area contributed by atoms with Crippen molar-refractivity contribution in [2.45, 2.75) is 0 Å². The van der Waals surface area contributed by atoms with Crippen LogP contribution >= 0.6 is 11.8 Å². The molecule has 0 amide bonds. The van der Waals surface area contributed by atoms with Crippen LogP contribution in [0.2, 0.25) is 0 Å². The standard InChI is InChI=1S/C6H4ClN3/c7-10-4-5-3-8-2-1-6(5)9-10/h1-4H. The molecule has 10 heavy (non-hydrogen) atoms. The van der Waals surface area contributed by atoms with Crippen molar-refractivity contribution in [3.05, 3.63) is 24.7 Å². The zero-order valence-electron chi connectivity index (χ0n) is 5.03. The molecule has 0 fully saturated rings. The lowest BCUT2D eigenvalue weighted by molar-refractivity contribution is 1.02. The smallest absolute Gasteiger partial charge is 0.0969 e. The maximum absolute atomic E-state index is 5.56. The van der Waals surface area contributed by atoms with Crippen molar-refractivity contribution in [1.82, 2.24) is 14.3 Å². The minimum atomic E-state index is 0.866. The summed E-state index contributed by atoms with van der Waals surface area (Å²) in [5, 5.41) is 4.91. The number of fused-ring (bicyclic) bond motifs is 1. The molecule has 0 atom stereocenters. The van der Waals surface area contributed by atoms with E-state index in [4.69, 9.17) is 11.8 Å². The Labute approximate surface area is 62.4 Å². The van der Waals surface area contributed by atoms with Gasteiger partial charge in [0.2, 0.25) is 0 Å².